The van der Waals surface area contributed by atoms with Gasteiger partial charge in [0.2, 0.25) is 5.91 Å². The molecule has 1 saturated carbocycles. The molecule has 0 bridgehead atoms. The third-order valence-corrected chi connectivity index (χ3v) is 3.85. The molecule has 1 aromatic carbocycles. The Bertz CT molecular complexity index is 492. The van der Waals surface area contributed by atoms with E-state index in [0.717, 1.165) is 6.42 Å². The summed E-state index contributed by atoms with van der Waals surface area (Å²) in [7, 11) is 1.41. The summed E-state index contributed by atoms with van der Waals surface area (Å²) in [6, 6.07) is 4.31. The maximum atomic E-state index is 13.6. The quantitative estimate of drug-likeness (QED) is 0.889. The number of carbonyl (C=O) groups is 1. The Morgan fingerprint density at radius 1 is 1.50 bits per heavy atom. The number of hydrogen-bond acceptors (Lipinski definition) is 3. The fourth-order valence-electron chi connectivity index (χ4n) is 2.60. The first-order valence-electron chi connectivity index (χ1n) is 6.84. The van der Waals surface area contributed by atoms with E-state index >= 15 is 0 Å². The van der Waals surface area contributed by atoms with Crippen LogP contribution in [0.1, 0.15) is 37.8 Å². The summed E-state index contributed by atoms with van der Waals surface area (Å²) >= 11 is 0. The second kappa shape index (κ2) is 6.22. The van der Waals surface area contributed by atoms with Gasteiger partial charge in [0, 0.05) is 0 Å². The summed E-state index contributed by atoms with van der Waals surface area (Å²) in [6.45, 7) is 1.79. The summed E-state index contributed by atoms with van der Waals surface area (Å²) in [6.07, 6.45) is 1.68. The lowest BCUT2D eigenvalue weighted by molar-refractivity contribution is -0.128. The molecule has 5 heteroatoms. The van der Waals surface area contributed by atoms with Crippen molar-refractivity contribution in [3.63, 3.8) is 0 Å². The fraction of sp³-hybridized carbons (Fsp3) is 0.533. The van der Waals surface area contributed by atoms with Crippen molar-refractivity contribution in [2.45, 2.75) is 38.3 Å². The SMILES string of the molecule is COc1ccc(C(C)NC(=O)C2CCCC2O)cc1F. The fourth-order valence-corrected chi connectivity index (χ4v) is 2.60. The Morgan fingerprint density at radius 2 is 2.25 bits per heavy atom. The molecule has 0 saturated heterocycles. The van der Waals surface area contributed by atoms with Gasteiger partial charge in [-0.15, -0.1) is 0 Å². The molecular formula is C15H20FNO3. The number of amides is 1. The van der Waals surface area contributed by atoms with Gasteiger partial charge in [-0.3, -0.25) is 4.79 Å². The van der Waals surface area contributed by atoms with E-state index in [-0.39, 0.29) is 23.6 Å². The molecule has 0 aliphatic heterocycles. The Kier molecular flexibility index (Phi) is 4.60. The molecule has 1 aliphatic rings. The van der Waals surface area contributed by atoms with Crippen LogP contribution in [-0.2, 0) is 4.79 Å². The molecule has 0 radical (unpaired) electrons. The summed E-state index contributed by atoms with van der Waals surface area (Å²) in [5.41, 5.74) is 0.670. The normalized spacial score (nSPS) is 23.4. The second-order valence-corrected chi connectivity index (χ2v) is 5.23. The highest BCUT2D eigenvalue weighted by molar-refractivity contribution is 5.80. The highest BCUT2D eigenvalue weighted by Crippen LogP contribution is 2.27. The van der Waals surface area contributed by atoms with Crippen molar-refractivity contribution in [2.24, 2.45) is 5.92 Å². The Balaban J connectivity index is 2.02. The van der Waals surface area contributed by atoms with Crippen molar-refractivity contribution >= 4 is 5.91 Å². The third kappa shape index (κ3) is 3.10. The van der Waals surface area contributed by atoms with Crippen molar-refractivity contribution in [2.75, 3.05) is 7.11 Å². The van der Waals surface area contributed by atoms with E-state index in [1.807, 2.05) is 0 Å². The molecule has 0 heterocycles. The standard InChI is InChI=1S/C15H20FNO3/c1-9(10-6-7-14(20-2)12(16)8-10)17-15(19)11-4-3-5-13(11)18/h6-9,11,13,18H,3-5H2,1-2H3,(H,17,19). The van der Waals surface area contributed by atoms with Crippen LogP contribution in [0.4, 0.5) is 4.39 Å². The first-order valence-corrected chi connectivity index (χ1v) is 6.84. The minimum atomic E-state index is -0.560. The van der Waals surface area contributed by atoms with Gasteiger partial charge in [-0.25, -0.2) is 4.39 Å². The summed E-state index contributed by atoms with van der Waals surface area (Å²) in [4.78, 5) is 12.1. The molecule has 1 amide bonds. The van der Waals surface area contributed by atoms with E-state index in [1.165, 1.54) is 19.2 Å². The van der Waals surface area contributed by atoms with E-state index in [4.69, 9.17) is 4.74 Å². The number of aliphatic hydroxyl groups excluding tert-OH is 1. The van der Waals surface area contributed by atoms with Crippen molar-refractivity contribution in [1.29, 1.82) is 0 Å². The van der Waals surface area contributed by atoms with Crippen LogP contribution in [0.2, 0.25) is 0 Å². The third-order valence-electron chi connectivity index (χ3n) is 3.85. The molecule has 4 nitrogen and oxygen atoms in total. The van der Waals surface area contributed by atoms with E-state index in [1.54, 1.807) is 13.0 Å². The summed E-state index contributed by atoms with van der Waals surface area (Å²) in [5.74, 6) is -0.787. The van der Waals surface area contributed by atoms with Gasteiger partial charge >= 0.3 is 0 Å². The van der Waals surface area contributed by atoms with Crippen LogP contribution in [0.25, 0.3) is 0 Å². The minimum absolute atomic E-state index is 0.168. The summed E-state index contributed by atoms with van der Waals surface area (Å²) in [5, 5.41) is 12.5. The Labute approximate surface area is 117 Å². The lowest BCUT2D eigenvalue weighted by Crippen LogP contribution is -2.36. The average molecular weight is 281 g/mol. The van der Waals surface area contributed by atoms with Gasteiger partial charge in [0.1, 0.15) is 0 Å². The van der Waals surface area contributed by atoms with Crippen molar-refractivity contribution in [1.82, 2.24) is 5.32 Å². The molecule has 1 aromatic rings. The van der Waals surface area contributed by atoms with Gasteiger partial charge in [-0.2, -0.15) is 0 Å². The predicted octanol–water partition coefficient (Wildman–Crippen LogP) is 2.17. The number of hydrogen-bond donors (Lipinski definition) is 2. The van der Waals surface area contributed by atoms with Crippen LogP contribution in [-0.4, -0.2) is 24.2 Å². The van der Waals surface area contributed by atoms with Gasteiger partial charge < -0.3 is 15.2 Å². The number of carbonyl (C=O) groups excluding carboxylic acids is 1. The van der Waals surface area contributed by atoms with Crippen molar-refractivity contribution in [3.8, 4) is 5.75 Å². The van der Waals surface area contributed by atoms with Crippen molar-refractivity contribution in [3.05, 3.63) is 29.6 Å². The lowest BCUT2D eigenvalue weighted by Gasteiger charge is -2.19. The van der Waals surface area contributed by atoms with Crippen LogP contribution >= 0.6 is 0 Å². The topological polar surface area (TPSA) is 58.6 Å². The van der Waals surface area contributed by atoms with Crippen LogP contribution in [0.15, 0.2) is 18.2 Å². The zero-order valence-electron chi connectivity index (χ0n) is 11.7. The molecule has 0 spiro atoms. The molecule has 2 rings (SSSR count). The van der Waals surface area contributed by atoms with E-state index in [0.29, 0.717) is 18.4 Å². The number of nitrogens with one attached hydrogen (secondary N) is 1. The monoisotopic (exact) mass is 281 g/mol. The smallest absolute Gasteiger partial charge is 0.226 e. The first kappa shape index (κ1) is 14.8. The number of benzene rings is 1. The lowest BCUT2D eigenvalue weighted by atomic mass is 10.0. The van der Waals surface area contributed by atoms with Gasteiger partial charge in [0.15, 0.2) is 11.6 Å². The van der Waals surface area contributed by atoms with Gasteiger partial charge in [0.05, 0.1) is 25.2 Å². The zero-order valence-corrected chi connectivity index (χ0v) is 11.7. The second-order valence-electron chi connectivity index (χ2n) is 5.23. The molecule has 3 atom stereocenters. The van der Waals surface area contributed by atoms with E-state index in [9.17, 15) is 14.3 Å². The number of ether oxygens (including phenoxy) is 1. The van der Waals surface area contributed by atoms with Crippen LogP contribution in [0, 0.1) is 11.7 Å². The van der Waals surface area contributed by atoms with E-state index < -0.39 is 11.9 Å². The molecule has 20 heavy (non-hydrogen) atoms. The predicted molar refractivity (Wildman–Crippen MR) is 72.9 cm³/mol. The van der Waals surface area contributed by atoms with Gasteiger partial charge in [-0.05, 0) is 43.9 Å². The largest absolute Gasteiger partial charge is 0.494 e. The van der Waals surface area contributed by atoms with Gasteiger partial charge in [0.25, 0.3) is 0 Å². The highest BCUT2D eigenvalue weighted by atomic mass is 19.1. The highest BCUT2D eigenvalue weighted by Gasteiger charge is 2.32. The molecular weight excluding hydrogens is 261 g/mol. The maximum Gasteiger partial charge on any atom is 0.226 e. The first-order chi connectivity index (χ1) is 9.52. The Morgan fingerprint density at radius 3 is 2.80 bits per heavy atom. The molecule has 3 unspecified atom stereocenters. The number of methoxy groups -OCH3 is 1. The van der Waals surface area contributed by atoms with Crippen LogP contribution in [0.3, 0.4) is 0 Å². The van der Waals surface area contributed by atoms with Gasteiger partial charge in [-0.1, -0.05) is 6.07 Å². The Hall–Kier alpha value is -1.62. The molecule has 1 fully saturated rings. The molecule has 0 aromatic heterocycles. The van der Waals surface area contributed by atoms with E-state index in [2.05, 4.69) is 5.32 Å². The summed E-state index contributed by atoms with van der Waals surface area (Å²) < 4.78 is 18.5. The molecule has 110 valence electrons. The maximum absolute atomic E-state index is 13.6. The number of halogens is 1. The van der Waals surface area contributed by atoms with Crippen molar-refractivity contribution < 1.29 is 19.0 Å². The van der Waals surface area contributed by atoms with Crippen LogP contribution in [0.5, 0.6) is 5.75 Å². The van der Waals surface area contributed by atoms with Crippen LogP contribution < -0.4 is 10.1 Å². The average Bonchev–Trinajstić information content (AvgIpc) is 2.84. The molecule has 1 aliphatic carbocycles. The minimum Gasteiger partial charge on any atom is -0.494 e. The number of aliphatic hydroxyl groups is 1. The molecule has 2 N–H and O–H groups in total. The zero-order chi connectivity index (χ0) is 14.7. The number of rotatable bonds is 4.